The Morgan fingerprint density at radius 2 is 1.00 bits per heavy atom. The van der Waals surface area contributed by atoms with Gasteiger partial charge in [-0.3, -0.25) is 0 Å². The molecule has 13 heavy (non-hydrogen) atoms. The van der Waals surface area contributed by atoms with E-state index in [4.69, 9.17) is 15.3 Å². The van der Waals surface area contributed by atoms with Crippen molar-refractivity contribution in [2.75, 3.05) is 0 Å². The molecule has 0 fully saturated rings. The Morgan fingerprint density at radius 3 is 1.15 bits per heavy atom. The van der Waals surface area contributed by atoms with Gasteiger partial charge < -0.3 is 28.9 Å². The zero-order valence-electron chi connectivity index (χ0n) is 5.74. The lowest BCUT2D eigenvalue weighted by molar-refractivity contribution is 0.102. The van der Waals surface area contributed by atoms with Crippen LogP contribution in [0, 0.1) is 0 Å². The van der Waals surface area contributed by atoms with Gasteiger partial charge >= 0.3 is 27.1 Å². The Balaban J connectivity index is 4.10. The number of hydrogen-bond donors (Lipinski definition) is 3. The molecule has 0 rings (SSSR count). The second-order valence-electron chi connectivity index (χ2n) is 1.30. The van der Waals surface area contributed by atoms with Gasteiger partial charge in [0.15, 0.2) is 0 Å². The highest BCUT2D eigenvalue weighted by atomic mass is 31.2. The summed E-state index contributed by atoms with van der Waals surface area (Å²) in [6, 6.07) is 0. The fraction of sp³-hybridized carbons (Fsp3) is 0. The summed E-state index contributed by atoms with van der Waals surface area (Å²) in [6.07, 6.45) is -5.73. The SMILES string of the molecule is O=C(O)OP(OC(=O)O)OC(=O)O. The Labute approximate surface area is 71.4 Å². The van der Waals surface area contributed by atoms with Crippen LogP contribution in [0.3, 0.4) is 0 Å². The van der Waals surface area contributed by atoms with E-state index in [0.717, 1.165) is 0 Å². The minimum Gasteiger partial charge on any atom is -0.449 e. The average molecular weight is 214 g/mol. The van der Waals surface area contributed by atoms with Gasteiger partial charge in [-0.05, 0) is 0 Å². The van der Waals surface area contributed by atoms with E-state index in [1.54, 1.807) is 0 Å². The fourth-order valence-electron chi connectivity index (χ4n) is 0.247. The van der Waals surface area contributed by atoms with E-state index >= 15 is 0 Å². The molecule has 0 aromatic heterocycles. The van der Waals surface area contributed by atoms with Crippen LogP contribution in [0.1, 0.15) is 0 Å². The van der Waals surface area contributed by atoms with E-state index in [0.29, 0.717) is 0 Å². The van der Waals surface area contributed by atoms with Crippen molar-refractivity contribution >= 4 is 27.1 Å². The molecule has 0 aromatic carbocycles. The van der Waals surface area contributed by atoms with Crippen molar-refractivity contribution in [3.05, 3.63) is 0 Å². The highest BCUT2D eigenvalue weighted by Crippen LogP contribution is 2.39. The van der Waals surface area contributed by atoms with Crippen LogP contribution in [0.15, 0.2) is 0 Å². The van der Waals surface area contributed by atoms with Crippen molar-refractivity contribution in [2.24, 2.45) is 0 Å². The molecule has 0 aliphatic rings. The third-order valence-electron chi connectivity index (χ3n) is 0.458. The van der Waals surface area contributed by atoms with E-state index in [1.165, 1.54) is 0 Å². The van der Waals surface area contributed by atoms with Crippen LogP contribution < -0.4 is 0 Å². The van der Waals surface area contributed by atoms with Crippen molar-refractivity contribution in [3.63, 3.8) is 0 Å². The van der Waals surface area contributed by atoms with Gasteiger partial charge in [-0.15, -0.1) is 0 Å². The smallest absolute Gasteiger partial charge is 0.449 e. The summed E-state index contributed by atoms with van der Waals surface area (Å²) in [6.45, 7) is 0. The molecule has 74 valence electrons. The third kappa shape index (κ3) is 6.63. The van der Waals surface area contributed by atoms with Crippen molar-refractivity contribution in [1.29, 1.82) is 0 Å². The first-order valence-electron chi connectivity index (χ1n) is 2.44. The summed E-state index contributed by atoms with van der Waals surface area (Å²) in [5.74, 6) is 0. The zero-order chi connectivity index (χ0) is 10.4. The molecular weight excluding hydrogens is 211 g/mol. The molecule has 9 nitrogen and oxygen atoms in total. The zero-order valence-corrected chi connectivity index (χ0v) is 6.63. The van der Waals surface area contributed by atoms with Gasteiger partial charge in [-0.25, -0.2) is 14.4 Å². The molecule has 3 N–H and O–H groups in total. The molecule has 10 heteroatoms. The maximum atomic E-state index is 9.82. The van der Waals surface area contributed by atoms with E-state index in [9.17, 15) is 14.4 Å². The molecule has 0 heterocycles. The summed E-state index contributed by atoms with van der Waals surface area (Å²) < 4.78 is 10.9. The molecule has 0 unspecified atom stereocenters. The molecule has 0 aliphatic heterocycles. The maximum Gasteiger partial charge on any atom is 0.544 e. The fourth-order valence-corrected chi connectivity index (χ4v) is 0.742. The van der Waals surface area contributed by atoms with Crippen LogP contribution in [0.4, 0.5) is 14.4 Å². The van der Waals surface area contributed by atoms with Crippen molar-refractivity contribution < 1.29 is 43.3 Å². The van der Waals surface area contributed by atoms with Crippen LogP contribution in [-0.2, 0) is 13.6 Å². The van der Waals surface area contributed by atoms with Crippen molar-refractivity contribution in [2.45, 2.75) is 0 Å². The third-order valence-corrected chi connectivity index (χ3v) is 1.37. The topological polar surface area (TPSA) is 140 Å². The maximum absolute atomic E-state index is 9.82. The molecule has 0 amide bonds. The summed E-state index contributed by atoms with van der Waals surface area (Å²) in [5, 5.41) is 23.9. The van der Waals surface area contributed by atoms with Gasteiger partial charge in [0.05, 0.1) is 0 Å². The highest BCUT2D eigenvalue weighted by Gasteiger charge is 2.27. The summed E-state index contributed by atoms with van der Waals surface area (Å²) in [5.41, 5.74) is 0. The lowest BCUT2D eigenvalue weighted by Gasteiger charge is -2.07. The minimum absolute atomic E-state index is 1.91. The van der Waals surface area contributed by atoms with E-state index in [1.807, 2.05) is 0 Å². The van der Waals surface area contributed by atoms with Crippen molar-refractivity contribution in [3.8, 4) is 0 Å². The normalized spacial score (nSPS) is 9.00. The summed E-state index contributed by atoms with van der Waals surface area (Å²) >= 11 is 0. The Bertz CT molecular complexity index is 185. The lowest BCUT2D eigenvalue weighted by atomic mass is 11.5. The second-order valence-corrected chi connectivity index (χ2v) is 2.29. The molecule has 0 saturated carbocycles. The highest BCUT2D eigenvalue weighted by molar-refractivity contribution is 7.43. The van der Waals surface area contributed by atoms with Crippen LogP contribution in [-0.4, -0.2) is 33.8 Å². The molecule has 0 bridgehead atoms. The Morgan fingerprint density at radius 1 is 0.769 bits per heavy atom. The molecule has 0 radical (unpaired) electrons. The first kappa shape index (κ1) is 11.2. The predicted octanol–water partition coefficient (Wildman–Crippen LogP) is 1.30. The molecule has 0 spiro atoms. The monoisotopic (exact) mass is 214 g/mol. The molecule has 0 aromatic rings. The number of carboxylic acid groups (broad SMARTS) is 3. The van der Waals surface area contributed by atoms with Crippen LogP contribution >= 0.6 is 8.60 Å². The Hall–Kier alpha value is -1.76. The van der Waals surface area contributed by atoms with Gasteiger partial charge in [0.2, 0.25) is 0 Å². The molecule has 0 aliphatic carbocycles. The summed E-state index contributed by atoms with van der Waals surface area (Å²) in [4.78, 5) is 29.5. The first-order chi connectivity index (χ1) is 5.91. The Kier molecular flexibility index (Phi) is 4.31. The molecule has 0 atom stereocenters. The van der Waals surface area contributed by atoms with Gasteiger partial charge in [-0.2, -0.15) is 0 Å². The molecule has 0 saturated heterocycles. The first-order valence-corrected chi connectivity index (χ1v) is 3.54. The lowest BCUT2D eigenvalue weighted by Crippen LogP contribution is -2.06. The summed E-state index contributed by atoms with van der Waals surface area (Å²) in [7, 11) is -2.98. The quantitative estimate of drug-likeness (QED) is 0.592. The number of hydrogen-bond acceptors (Lipinski definition) is 6. The second kappa shape index (κ2) is 4.99. The number of rotatable bonds is 3. The van der Waals surface area contributed by atoms with E-state index < -0.39 is 27.1 Å². The average Bonchev–Trinajstić information content (AvgIpc) is 1.80. The number of carbonyl (C=O) groups is 3. The van der Waals surface area contributed by atoms with Crippen LogP contribution in [0.2, 0.25) is 0 Å². The van der Waals surface area contributed by atoms with Crippen molar-refractivity contribution in [1.82, 2.24) is 0 Å². The van der Waals surface area contributed by atoms with Gasteiger partial charge in [0.1, 0.15) is 0 Å². The van der Waals surface area contributed by atoms with Crippen LogP contribution in [0.25, 0.3) is 0 Å². The largest absolute Gasteiger partial charge is 0.544 e. The van der Waals surface area contributed by atoms with E-state index in [-0.39, 0.29) is 0 Å². The minimum atomic E-state index is -2.98. The standard InChI is InChI=1S/C3H3O9P/c4-1(5)10-13(11-2(6)7)12-3(8)9/h(H,4,5)(H,6,7)(H,8,9). The predicted molar refractivity (Wildman–Crippen MR) is 34.2 cm³/mol. The van der Waals surface area contributed by atoms with Gasteiger partial charge in [0, 0.05) is 0 Å². The van der Waals surface area contributed by atoms with Gasteiger partial charge in [-0.1, -0.05) is 0 Å². The van der Waals surface area contributed by atoms with Crippen LogP contribution in [0.5, 0.6) is 0 Å². The molecular formula is C3H3O9P. The van der Waals surface area contributed by atoms with E-state index in [2.05, 4.69) is 13.6 Å². The van der Waals surface area contributed by atoms with Gasteiger partial charge in [0.25, 0.3) is 0 Å².